The normalized spacial score (nSPS) is 10.3. The van der Waals surface area contributed by atoms with Crippen molar-refractivity contribution >= 4 is 46.5 Å². The third-order valence-corrected chi connectivity index (χ3v) is 4.14. The molecular formula is C18H15ClN4OS. The fourth-order valence-electron chi connectivity index (χ4n) is 2.17. The number of nitrogens with zero attached hydrogens (tertiary/aromatic N) is 2. The number of halogens is 1. The lowest BCUT2D eigenvalue weighted by Crippen LogP contribution is -2.16. The van der Waals surface area contributed by atoms with Gasteiger partial charge in [-0.05, 0) is 30.5 Å². The molecule has 2 aromatic carbocycles. The van der Waals surface area contributed by atoms with Crippen LogP contribution in [0.5, 0.6) is 0 Å². The Labute approximate surface area is 154 Å². The number of carbonyl (C=O) groups excluding carboxylic acids is 1. The van der Waals surface area contributed by atoms with Crippen LogP contribution in [0.3, 0.4) is 0 Å². The highest BCUT2D eigenvalue weighted by Gasteiger charge is 2.20. The van der Waals surface area contributed by atoms with E-state index in [0.717, 1.165) is 5.69 Å². The molecule has 1 aromatic heterocycles. The Morgan fingerprint density at radius 2 is 1.56 bits per heavy atom. The second-order valence-electron chi connectivity index (χ2n) is 5.04. The number of anilines is 3. The lowest BCUT2D eigenvalue weighted by Gasteiger charge is -2.13. The molecule has 25 heavy (non-hydrogen) atoms. The molecule has 3 aromatic rings. The fourth-order valence-corrected chi connectivity index (χ4v) is 2.84. The summed E-state index contributed by atoms with van der Waals surface area (Å²) in [6.07, 6.45) is 1.85. The summed E-state index contributed by atoms with van der Waals surface area (Å²) in [5.74, 6) is -0.00809. The van der Waals surface area contributed by atoms with E-state index in [1.54, 1.807) is 12.1 Å². The first-order chi connectivity index (χ1) is 12.2. The van der Waals surface area contributed by atoms with Gasteiger partial charge in [-0.25, -0.2) is 9.97 Å². The minimum Gasteiger partial charge on any atom is -0.339 e. The highest BCUT2D eigenvalue weighted by molar-refractivity contribution is 7.98. The van der Waals surface area contributed by atoms with Crippen LogP contribution in [0.2, 0.25) is 5.15 Å². The summed E-state index contributed by atoms with van der Waals surface area (Å²) in [6.45, 7) is 0. The van der Waals surface area contributed by atoms with Gasteiger partial charge >= 0.3 is 0 Å². The van der Waals surface area contributed by atoms with E-state index in [-0.39, 0.29) is 16.6 Å². The maximum absolute atomic E-state index is 12.7. The summed E-state index contributed by atoms with van der Waals surface area (Å²) in [4.78, 5) is 21.3. The van der Waals surface area contributed by atoms with Crippen LogP contribution < -0.4 is 10.6 Å². The maximum Gasteiger partial charge on any atom is 0.262 e. The van der Waals surface area contributed by atoms with Crippen LogP contribution in [0, 0.1) is 0 Å². The van der Waals surface area contributed by atoms with E-state index in [0.29, 0.717) is 16.7 Å². The lowest BCUT2D eigenvalue weighted by atomic mass is 10.2. The number of benzene rings is 2. The van der Waals surface area contributed by atoms with Gasteiger partial charge in [0.15, 0.2) is 5.16 Å². The molecule has 0 atom stereocenters. The molecule has 0 saturated heterocycles. The zero-order valence-electron chi connectivity index (χ0n) is 13.4. The largest absolute Gasteiger partial charge is 0.339 e. The van der Waals surface area contributed by atoms with E-state index in [2.05, 4.69) is 20.6 Å². The summed E-state index contributed by atoms with van der Waals surface area (Å²) < 4.78 is 0. The fraction of sp³-hybridized carbons (Fsp3) is 0.0556. The Bertz CT molecular complexity index is 875. The van der Waals surface area contributed by atoms with Gasteiger partial charge in [-0.15, -0.1) is 0 Å². The van der Waals surface area contributed by atoms with Gasteiger partial charge in [-0.3, -0.25) is 4.79 Å². The van der Waals surface area contributed by atoms with E-state index in [9.17, 15) is 4.79 Å². The summed E-state index contributed by atoms with van der Waals surface area (Å²) in [5.41, 5.74) is 1.67. The van der Waals surface area contributed by atoms with E-state index in [4.69, 9.17) is 11.6 Å². The second-order valence-corrected chi connectivity index (χ2v) is 6.17. The minimum absolute atomic E-state index is 0.103. The number of para-hydroxylation sites is 2. The van der Waals surface area contributed by atoms with E-state index in [1.165, 1.54) is 11.8 Å². The van der Waals surface area contributed by atoms with Gasteiger partial charge in [0, 0.05) is 11.4 Å². The van der Waals surface area contributed by atoms with Crippen LogP contribution in [-0.2, 0) is 0 Å². The van der Waals surface area contributed by atoms with Crippen molar-refractivity contribution in [1.82, 2.24) is 9.97 Å². The lowest BCUT2D eigenvalue weighted by molar-refractivity contribution is 0.102. The first kappa shape index (κ1) is 17.3. The highest BCUT2D eigenvalue weighted by Crippen LogP contribution is 2.27. The van der Waals surface area contributed by atoms with Gasteiger partial charge in [0.2, 0.25) is 0 Å². The minimum atomic E-state index is -0.373. The molecule has 3 rings (SSSR count). The van der Waals surface area contributed by atoms with Crippen LogP contribution in [-0.4, -0.2) is 22.1 Å². The zero-order valence-corrected chi connectivity index (χ0v) is 14.9. The topological polar surface area (TPSA) is 66.9 Å². The molecule has 0 aliphatic rings. The summed E-state index contributed by atoms with van der Waals surface area (Å²) in [5, 5.41) is 6.55. The monoisotopic (exact) mass is 370 g/mol. The molecule has 126 valence electrons. The van der Waals surface area contributed by atoms with Crippen LogP contribution in [0.15, 0.2) is 65.8 Å². The van der Waals surface area contributed by atoms with Crippen LogP contribution in [0.1, 0.15) is 10.4 Å². The molecule has 0 aliphatic carbocycles. The predicted octanol–water partition coefficient (Wildman–Crippen LogP) is 4.85. The molecule has 0 fully saturated rings. The van der Waals surface area contributed by atoms with Crippen molar-refractivity contribution in [3.63, 3.8) is 0 Å². The Morgan fingerprint density at radius 1 is 0.960 bits per heavy atom. The van der Waals surface area contributed by atoms with Crippen molar-refractivity contribution in [3.8, 4) is 0 Å². The van der Waals surface area contributed by atoms with Gasteiger partial charge in [-0.1, -0.05) is 59.8 Å². The standard InChI is InChI=1S/C18H15ClN4OS/c1-25-18-22-15(19)14(17(24)21-13-10-6-3-7-11-13)16(23-18)20-12-8-4-2-5-9-12/h2-11H,1H3,(H,21,24)(H,20,22,23). The van der Waals surface area contributed by atoms with Gasteiger partial charge in [0.05, 0.1) is 0 Å². The molecule has 0 bridgehead atoms. The second kappa shape index (κ2) is 8.00. The molecule has 0 spiro atoms. The summed E-state index contributed by atoms with van der Waals surface area (Å²) in [6, 6.07) is 18.6. The average Bonchev–Trinajstić information content (AvgIpc) is 2.63. The number of aromatic nitrogens is 2. The molecule has 0 radical (unpaired) electrons. The maximum atomic E-state index is 12.7. The SMILES string of the molecule is CSc1nc(Cl)c(C(=O)Nc2ccccc2)c(Nc2ccccc2)n1. The van der Waals surface area contributed by atoms with Crippen molar-refractivity contribution in [2.24, 2.45) is 0 Å². The average molecular weight is 371 g/mol. The zero-order chi connectivity index (χ0) is 17.6. The van der Waals surface area contributed by atoms with E-state index >= 15 is 0 Å². The molecule has 5 nitrogen and oxygen atoms in total. The molecule has 2 N–H and O–H groups in total. The van der Waals surface area contributed by atoms with Crippen molar-refractivity contribution in [3.05, 3.63) is 71.4 Å². The number of hydrogen-bond acceptors (Lipinski definition) is 5. The van der Waals surface area contributed by atoms with Gasteiger partial charge in [0.1, 0.15) is 16.5 Å². The van der Waals surface area contributed by atoms with Crippen LogP contribution >= 0.6 is 23.4 Å². The first-order valence-electron chi connectivity index (χ1n) is 7.47. The van der Waals surface area contributed by atoms with Crippen molar-refractivity contribution in [2.45, 2.75) is 5.16 Å². The number of thioether (sulfide) groups is 1. The molecule has 1 amide bonds. The number of rotatable bonds is 5. The molecule has 0 unspecified atom stereocenters. The third kappa shape index (κ3) is 4.29. The van der Waals surface area contributed by atoms with E-state index < -0.39 is 0 Å². The Kier molecular flexibility index (Phi) is 5.53. The third-order valence-electron chi connectivity index (χ3n) is 3.32. The van der Waals surface area contributed by atoms with Crippen molar-refractivity contribution in [1.29, 1.82) is 0 Å². The summed E-state index contributed by atoms with van der Waals surface area (Å²) >= 11 is 7.63. The quantitative estimate of drug-likeness (QED) is 0.382. The Morgan fingerprint density at radius 3 is 2.16 bits per heavy atom. The summed E-state index contributed by atoms with van der Waals surface area (Å²) in [7, 11) is 0. The molecule has 7 heteroatoms. The Hall–Kier alpha value is -2.57. The number of nitrogens with one attached hydrogen (secondary N) is 2. The highest BCUT2D eigenvalue weighted by atomic mass is 35.5. The van der Waals surface area contributed by atoms with Crippen molar-refractivity contribution < 1.29 is 4.79 Å². The Balaban J connectivity index is 1.97. The first-order valence-corrected chi connectivity index (χ1v) is 9.07. The predicted molar refractivity (Wildman–Crippen MR) is 103 cm³/mol. The van der Waals surface area contributed by atoms with Gasteiger partial charge < -0.3 is 10.6 Å². The smallest absolute Gasteiger partial charge is 0.262 e. The molecule has 1 heterocycles. The van der Waals surface area contributed by atoms with Crippen molar-refractivity contribution in [2.75, 3.05) is 16.9 Å². The molecular weight excluding hydrogens is 356 g/mol. The number of carbonyl (C=O) groups is 1. The number of amides is 1. The number of hydrogen-bond donors (Lipinski definition) is 2. The molecule has 0 aliphatic heterocycles. The van der Waals surface area contributed by atoms with Crippen LogP contribution in [0.25, 0.3) is 0 Å². The van der Waals surface area contributed by atoms with Gasteiger partial charge in [0.25, 0.3) is 5.91 Å². The van der Waals surface area contributed by atoms with E-state index in [1.807, 2.05) is 54.8 Å². The molecule has 0 saturated carbocycles. The van der Waals surface area contributed by atoms with Crippen LogP contribution in [0.4, 0.5) is 17.2 Å². The van der Waals surface area contributed by atoms with Gasteiger partial charge in [-0.2, -0.15) is 0 Å².